The molecular formula is C17H25N3O2. The third-order valence-corrected chi connectivity index (χ3v) is 4.17. The minimum absolute atomic E-state index is 0.0414. The first kappa shape index (κ1) is 16.5. The lowest BCUT2D eigenvalue weighted by atomic mass is 9.97. The SMILES string of the molecule is CC(=O)Nc1ccc(CN2CCN(C(C)=O)CC2(C)C)cc1. The molecule has 0 saturated carbocycles. The molecule has 1 aromatic rings. The number of rotatable bonds is 3. The van der Waals surface area contributed by atoms with E-state index in [0.717, 1.165) is 31.9 Å². The summed E-state index contributed by atoms with van der Waals surface area (Å²) in [6.45, 7) is 10.7. The summed E-state index contributed by atoms with van der Waals surface area (Å²) < 4.78 is 0. The molecule has 1 aliphatic heterocycles. The normalized spacial score (nSPS) is 18.1. The van der Waals surface area contributed by atoms with Crippen molar-refractivity contribution in [3.8, 4) is 0 Å². The number of hydrogen-bond acceptors (Lipinski definition) is 3. The maximum atomic E-state index is 11.6. The zero-order chi connectivity index (χ0) is 16.3. The molecule has 2 rings (SSSR count). The van der Waals surface area contributed by atoms with E-state index in [1.54, 1.807) is 6.92 Å². The monoisotopic (exact) mass is 303 g/mol. The van der Waals surface area contributed by atoms with E-state index in [0.29, 0.717) is 0 Å². The molecule has 0 aromatic heterocycles. The summed E-state index contributed by atoms with van der Waals surface area (Å²) in [5.41, 5.74) is 1.98. The highest BCUT2D eigenvalue weighted by molar-refractivity contribution is 5.88. The molecule has 120 valence electrons. The van der Waals surface area contributed by atoms with Gasteiger partial charge in [-0.2, -0.15) is 0 Å². The molecule has 1 aromatic carbocycles. The zero-order valence-corrected chi connectivity index (χ0v) is 13.8. The molecule has 5 heteroatoms. The third kappa shape index (κ3) is 4.07. The quantitative estimate of drug-likeness (QED) is 0.930. The smallest absolute Gasteiger partial charge is 0.221 e. The predicted octanol–water partition coefficient (Wildman–Crippen LogP) is 2.09. The van der Waals surface area contributed by atoms with Crippen LogP contribution in [0, 0.1) is 0 Å². The molecule has 22 heavy (non-hydrogen) atoms. The Balaban J connectivity index is 2.01. The van der Waals surface area contributed by atoms with Crippen LogP contribution >= 0.6 is 0 Å². The van der Waals surface area contributed by atoms with E-state index in [9.17, 15) is 9.59 Å². The molecule has 2 amide bonds. The van der Waals surface area contributed by atoms with Gasteiger partial charge in [-0.1, -0.05) is 12.1 Å². The molecule has 0 radical (unpaired) electrons. The van der Waals surface area contributed by atoms with Crippen molar-refractivity contribution in [3.05, 3.63) is 29.8 Å². The van der Waals surface area contributed by atoms with Gasteiger partial charge in [-0.3, -0.25) is 14.5 Å². The van der Waals surface area contributed by atoms with Gasteiger partial charge in [-0.25, -0.2) is 0 Å². The summed E-state index contributed by atoms with van der Waals surface area (Å²) >= 11 is 0. The summed E-state index contributed by atoms with van der Waals surface area (Å²) in [5.74, 6) is 0.0848. The molecule has 1 N–H and O–H groups in total. The Hall–Kier alpha value is -1.88. The highest BCUT2D eigenvalue weighted by Crippen LogP contribution is 2.23. The van der Waals surface area contributed by atoms with Crippen molar-refractivity contribution in [1.82, 2.24) is 9.80 Å². The number of carbonyl (C=O) groups excluding carboxylic acids is 2. The second-order valence-corrected chi connectivity index (χ2v) is 6.55. The van der Waals surface area contributed by atoms with Gasteiger partial charge in [-0.15, -0.1) is 0 Å². The van der Waals surface area contributed by atoms with Gasteiger partial charge in [0.25, 0.3) is 0 Å². The number of anilines is 1. The molecule has 1 fully saturated rings. The van der Waals surface area contributed by atoms with Crippen molar-refractivity contribution >= 4 is 17.5 Å². The zero-order valence-electron chi connectivity index (χ0n) is 13.8. The largest absolute Gasteiger partial charge is 0.340 e. The van der Waals surface area contributed by atoms with Crippen LogP contribution in [0.3, 0.4) is 0 Å². The average molecular weight is 303 g/mol. The second kappa shape index (κ2) is 6.48. The van der Waals surface area contributed by atoms with E-state index < -0.39 is 0 Å². The van der Waals surface area contributed by atoms with Crippen molar-refractivity contribution in [2.45, 2.75) is 39.8 Å². The van der Waals surface area contributed by atoms with E-state index >= 15 is 0 Å². The predicted molar refractivity (Wildman–Crippen MR) is 87.5 cm³/mol. The van der Waals surface area contributed by atoms with Crippen LogP contribution in [0.25, 0.3) is 0 Å². The second-order valence-electron chi connectivity index (χ2n) is 6.55. The molecule has 0 aliphatic carbocycles. The van der Waals surface area contributed by atoms with Crippen molar-refractivity contribution < 1.29 is 9.59 Å². The molecule has 0 unspecified atom stereocenters. The van der Waals surface area contributed by atoms with Crippen LogP contribution in [0.2, 0.25) is 0 Å². The van der Waals surface area contributed by atoms with Gasteiger partial charge >= 0.3 is 0 Å². The number of hydrogen-bond donors (Lipinski definition) is 1. The molecule has 0 atom stereocenters. The molecule has 5 nitrogen and oxygen atoms in total. The van der Waals surface area contributed by atoms with Crippen LogP contribution in [0.15, 0.2) is 24.3 Å². The van der Waals surface area contributed by atoms with Crippen molar-refractivity contribution in [2.75, 3.05) is 25.0 Å². The van der Waals surface area contributed by atoms with Crippen LogP contribution in [-0.2, 0) is 16.1 Å². The Morgan fingerprint density at radius 1 is 1.14 bits per heavy atom. The molecular weight excluding hydrogens is 278 g/mol. The number of amides is 2. The summed E-state index contributed by atoms with van der Waals surface area (Å²) in [6.07, 6.45) is 0. The van der Waals surface area contributed by atoms with Gasteiger partial charge in [0.2, 0.25) is 11.8 Å². The standard InChI is InChI=1S/C17H25N3O2/c1-13(21)18-16-7-5-15(6-8-16)11-20-10-9-19(14(2)22)12-17(20,3)4/h5-8H,9-12H2,1-4H3,(H,18,21). The Kier molecular flexibility index (Phi) is 4.86. The van der Waals surface area contributed by atoms with Crippen molar-refractivity contribution in [2.24, 2.45) is 0 Å². The lowest BCUT2D eigenvalue weighted by Gasteiger charge is -2.47. The topological polar surface area (TPSA) is 52.7 Å². The average Bonchev–Trinajstić information content (AvgIpc) is 2.42. The number of carbonyl (C=O) groups is 2. The fourth-order valence-corrected chi connectivity index (χ4v) is 2.87. The first-order chi connectivity index (χ1) is 10.3. The van der Waals surface area contributed by atoms with E-state index in [-0.39, 0.29) is 17.4 Å². The number of nitrogens with one attached hydrogen (secondary N) is 1. The van der Waals surface area contributed by atoms with Gasteiger partial charge in [0.15, 0.2) is 0 Å². The lowest BCUT2D eigenvalue weighted by molar-refractivity contribution is -0.134. The van der Waals surface area contributed by atoms with Gasteiger partial charge in [-0.05, 0) is 31.5 Å². The molecule has 1 aliphatic rings. The highest BCUT2D eigenvalue weighted by Gasteiger charge is 2.34. The summed E-state index contributed by atoms with van der Waals surface area (Å²) in [7, 11) is 0. The van der Waals surface area contributed by atoms with Crippen LogP contribution in [0.1, 0.15) is 33.3 Å². The molecule has 1 heterocycles. The lowest BCUT2D eigenvalue weighted by Crippen LogP contribution is -2.59. The number of piperazine rings is 1. The Morgan fingerprint density at radius 2 is 1.77 bits per heavy atom. The van der Waals surface area contributed by atoms with E-state index in [1.807, 2.05) is 29.2 Å². The Labute approximate surface area is 132 Å². The summed E-state index contributed by atoms with van der Waals surface area (Å²) in [5, 5.41) is 2.77. The number of nitrogens with zero attached hydrogens (tertiary/aromatic N) is 2. The van der Waals surface area contributed by atoms with Crippen LogP contribution in [0.5, 0.6) is 0 Å². The Bertz CT molecular complexity index is 552. The van der Waals surface area contributed by atoms with Crippen molar-refractivity contribution in [3.63, 3.8) is 0 Å². The van der Waals surface area contributed by atoms with Gasteiger partial charge in [0.1, 0.15) is 0 Å². The summed E-state index contributed by atoms with van der Waals surface area (Å²) in [4.78, 5) is 26.9. The van der Waals surface area contributed by atoms with E-state index in [2.05, 4.69) is 24.1 Å². The van der Waals surface area contributed by atoms with E-state index in [1.165, 1.54) is 12.5 Å². The number of benzene rings is 1. The highest BCUT2D eigenvalue weighted by atomic mass is 16.2. The third-order valence-electron chi connectivity index (χ3n) is 4.17. The molecule has 0 bridgehead atoms. The van der Waals surface area contributed by atoms with Crippen LogP contribution in [0.4, 0.5) is 5.69 Å². The van der Waals surface area contributed by atoms with Gasteiger partial charge in [0.05, 0.1) is 0 Å². The van der Waals surface area contributed by atoms with Crippen molar-refractivity contribution in [1.29, 1.82) is 0 Å². The fraction of sp³-hybridized carbons (Fsp3) is 0.529. The van der Waals surface area contributed by atoms with Crippen LogP contribution in [-0.4, -0.2) is 46.8 Å². The Morgan fingerprint density at radius 3 is 2.27 bits per heavy atom. The first-order valence-electron chi connectivity index (χ1n) is 7.65. The fourth-order valence-electron chi connectivity index (χ4n) is 2.87. The molecule has 0 spiro atoms. The van der Waals surface area contributed by atoms with Crippen LogP contribution < -0.4 is 5.32 Å². The van der Waals surface area contributed by atoms with Gasteiger partial charge in [0, 0.05) is 51.3 Å². The minimum Gasteiger partial charge on any atom is -0.340 e. The summed E-state index contributed by atoms with van der Waals surface area (Å²) in [6, 6.07) is 7.93. The van der Waals surface area contributed by atoms with Gasteiger partial charge < -0.3 is 10.2 Å². The minimum atomic E-state index is -0.0609. The molecule has 1 saturated heterocycles. The van der Waals surface area contributed by atoms with E-state index in [4.69, 9.17) is 0 Å². The first-order valence-corrected chi connectivity index (χ1v) is 7.65. The maximum Gasteiger partial charge on any atom is 0.221 e. The maximum absolute atomic E-state index is 11.6.